The predicted octanol–water partition coefficient (Wildman–Crippen LogP) is 2.70. The molecule has 2 rings (SSSR count). The molecule has 0 bridgehead atoms. The highest BCUT2D eigenvalue weighted by Gasteiger charge is 2.10. The van der Waals surface area contributed by atoms with Gasteiger partial charge in [-0.1, -0.05) is 19.9 Å². The lowest BCUT2D eigenvalue weighted by atomic mass is 10.1. The summed E-state index contributed by atoms with van der Waals surface area (Å²) in [7, 11) is 0. The standard InChI is InChI=1S/C12H15N3/c1-9(2)11-8-14-15(10(11)3)12-6-4-5-7-13-12/h4-9H,1-3H3. The van der Waals surface area contributed by atoms with Gasteiger partial charge in [0.25, 0.3) is 0 Å². The number of rotatable bonds is 2. The summed E-state index contributed by atoms with van der Waals surface area (Å²) in [5, 5.41) is 4.36. The number of nitrogens with zero attached hydrogens (tertiary/aromatic N) is 3. The van der Waals surface area contributed by atoms with Gasteiger partial charge in [0, 0.05) is 11.9 Å². The van der Waals surface area contributed by atoms with Crippen LogP contribution in [0.2, 0.25) is 0 Å². The summed E-state index contributed by atoms with van der Waals surface area (Å²) in [5.41, 5.74) is 2.45. The van der Waals surface area contributed by atoms with Gasteiger partial charge in [-0.3, -0.25) is 0 Å². The molecule has 0 aliphatic carbocycles. The van der Waals surface area contributed by atoms with Crippen LogP contribution < -0.4 is 0 Å². The molecule has 15 heavy (non-hydrogen) atoms. The molecular weight excluding hydrogens is 186 g/mol. The minimum Gasteiger partial charge on any atom is -0.237 e. The Morgan fingerprint density at radius 3 is 2.60 bits per heavy atom. The van der Waals surface area contributed by atoms with E-state index in [-0.39, 0.29) is 0 Å². The highest BCUT2D eigenvalue weighted by Crippen LogP contribution is 2.19. The van der Waals surface area contributed by atoms with E-state index in [0.29, 0.717) is 5.92 Å². The minimum absolute atomic E-state index is 0.502. The number of hydrogen-bond acceptors (Lipinski definition) is 2. The number of aromatic nitrogens is 3. The van der Waals surface area contributed by atoms with Crippen LogP contribution in [0.5, 0.6) is 0 Å². The van der Waals surface area contributed by atoms with Gasteiger partial charge in [0.2, 0.25) is 0 Å². The van der Waals surface area contributed by atoms with E-state index in [0.717, 1.165) is 5.82 Å². The zero-order valence-electron chi connectivity index (χ0n) is 9.31. The van der Waals surface area contributed by atoms with Crippen LogP contribution in [0.1, 0.15) is 31.0 Å². The van der Waals surface area contributed by atoms with Crippen LogP contribution in [0.3, 0.4) is 0 Å². The normalized spacial score (nSPS) is 10.9. The first-order valence-electron chi connectivity index (χ1n) is 5.16. The molecule has 0 aliphatic rings. The zero-order chi connectivity index (χ0) is 10.8. The Hall–Kier alpha value is -1.64. The first kappa shape index (κ1) is 9.90. The molecule has 2 heterocycles. The second-order valence-electron chi connectivity index (χ2n) is 3.94. The van der Waals surface area contributed by atoms with Gasteiger partial charge in [0.1, 0.15) is 0 Å². The summed E-state index contributed by atoms with van der Waals surface area (Å²) >= 11 is 0. The molecule has 0 unspecified atom stereocenters. The van der Waals surface area contributed by atoms with Crippen LogP contribution in [0.25, 0.3) is 5.82 Å². The quantitative estimate of drug-likeness (QED) is 0.748. The van der Waals surface area contributed by atoms with Crippen molar-refractivity contribution in [3.63, 3.8) is 0 Å². The number of hydrogen-bond donors (Lipinski definition) is 0. The Morgan fingerprint density at radius 1 is 1.27 bits per heavy atom. The van der Waals surface area contributed by atoms with E-state index >= 15 is 0 Å². The molecule has 3 nitrogen and oxygen atoms in total. The summed E-state index contributed by atoms with van der Waals surface area (Å²) in [6.07, 6.45) is 3.71. The Labute approximate surface area is 89.8 Å². The first-order valence-corrected chi connectivity index (χ1v) is 5.16. The Balaban J connectivity index is 2.47. The molecule has 0 aromatic carbocycles. The van der Waals surface area contributed by atoms with Gasteiger partial charge in [0.05, 0.1) is 6.20 Å². The van der Waals surface area contributed by atoms with Crippen molar-refractivity contribution in [3.8, 4) is 5.82 Å². The first-order chi connectivity index (χ1) is 7.20. The molecule has 0 fully saturated rings. The highest BCUT2D eigenvalue weighted by atomic mass is 15.3. The van der Waals surface area contributed by atoms with Crippen molar-refractivity contribution in [1.82, 2.24) is 14.8 Å². The van der Waals surface area contributed by atoms with E-state index in [9.17, 15) is 0 Å². The topological polar surface area (TPSA) is 30.7 Å². The summed E-state index contributed by atoms with van der Waals surface area (Å²) in [6, 6.07) is 5.84. The van der Waals surface area contributed by atoms with Crippen molar-refractivity contribution < 1.29 is 0 Å². The van der Waals surface area contributed by atoms with Crippen molar-refractivity contribution in [2.24, 2.45) is 0 Å². The molecule has 0 saturated heterocycles. The van der Waals surface area contributed by atoms with Crippen LogP contribution in [0.4, 0.5) is 0 Å². The van der Waals surface area contributed by atoms with Crippen molar-refractivity contribution in [2.75, 3.05) is 0 Å². The van der Waals surface area contributed by atoms with Crippen LogP contribution >= 0.6 is 0 Å². The van der Waals surface area contributed by atoms with E-state index in [1.165, 1.54) is 11.3 Å². The van der Waals surface area contributed by atoms with E-state index in [1.54, 1.807) is 6.20 Å². The molecule has 0 saturated carbocycles. The molecule has 0 amide bonds. The molecule has 0 aliphatic heterocycles. The van der Waals surface area contributed by atoms with Crippen molar-refractivity contribution in [2.45, 2.75) is 26.7 Å². The summed E-state index contributed by atoms with van der Waals surface area (Å²) < 4.78 is 1.88. The summed E-state index contributed by atoms with van der Waals surface area (Å²) in [6.45, 7) is 6.43. The van der Waals surface area contributed by atoms with Crippen LogP contribution in [0.15, 0.2) is 30.6 Å². The Bertz CT molecular complexity index is 443. The van der Waals surface area contributed by atoms with Gasteiger partial charge >= 0.3 is 0 Å². The smallest absolute Gasteiger partial charge is 0.153 e. The van der Waals surface area contributed by atoms with Crippen molar-refractivity contribution in [3.05, 3.63) is 41.9 Å². The minimum atomic E-state index is 0.502. The molecule has 3 heteroatoms. The molecule has 0 radical (unpaired) electrons. The van der Waals surface area contributed by atoms with E-state index in [4.69, 9.17) is 0 Å². The molecular formula is C12H15N3. The molecule has 2 aromatic heterocycles. The SMILES string of the molecule is Cc1c(C(C)C)cnn1-c1ccccn1. The van der Waals surface area contributed by atoms with Gasteiger partial charge in [-0.05, 0) is 30.5 Å². The predicted molar refractivity (Wildman–Crippen MR) is 60.2 cm³/mol. The summed E-state index contributed by atoms with van der Waals surface area (Å²) in [5.74, 6) is 1.38. The average Bonchev–Trinajstić information content (AvgIpc) is 2.61. The van der Waals surface area contributed by atoms with Crippen molar-refractivity contribution >= 4 is 0 Å². The maximum absolute atomic E-state index is 4.36. The molecule has 2 aromatic rings. The van der Waals surface area contributed by atoms with Crippen LogP contribution in [0, 0.1) is 6.92 Å². The Kier molecular flexibility index (Phi) is 2.54. The van der Waals surface area contributed by atoms with Crippen molar-refractivity contribution in [1.29, 1.82) is 0 Å². The van der Waals surface area contributed by atoms with Gasteiger partial charge < -0.3 is 0 Å². The van der Waals surface area contributed by atoms with E-state index in [1.807, 2.05) is 29.1 Å². The van der Waals surface area contributed by atoms with Gasteiger partial charge in [0.15, 0.2) is 5.82 Å². The van der Waals surface area contributed by atoms with E-state index < -0.39 is 0 Å². The fraction of sp³-hybridized carbons (Fsp3) is 0.333. The Morgan fingerprint density at radius 2 is 2.07 bits per heavy atom. The molecule has 0 spiro atoms. The monoisotopic (exact) mass is 201 g/mol. The van der Waals surface area contributed by atoms with Gasteiger partial charge in [-0.25, -0.2) is 9.67 Å². The second kappa shape index (κ2) is 3.85. The third-order valence-electron chi connectivity index (χ3n) is 2.54. The molecule has 78 valence electrons. The van der Waals surface area contributed by atoms with Crippen LogP contribution in [-0.4, -0.2) is 14.8 Å². The fourth-order valence-electron chi connectivity index (χ4n) is 1.70. The molecule has 0 atom stereocenters. The zero-order valence-corrected chi connectivity index (χ0v) is 9.31. The van der Waals surface area contributed by atoms with E-state index in [2.05, 4.69) is 30.9 Å². The third-order valence-corrected chi connectivity index (χ3v) is 2.54. The maximum Gasteiger partial charge on any atom is 0.153 e. The lowest BCUT2D eigenvalue weighted by Crippen LogP contribution is -2.01. The number of pyridine rings is 1. The van der Waals surface area contributed by atoms with Crippen LogP contribution in [-0.2, 0) is 0 Å². The third kappa shape index (κ3) is 1.77. The average molecular weight is 201 g/mol. The molecule has 0 N–H and O–H groups in total. The lowest BCUT2D eigenvalue weighted by molar-refractivity contribution is 0.803. The fourth-order valence-corrected chi connectivity index (χ4v) is 1.70. The van der Waals surface area contributed by atoms with Gasteiger partial charge in [-0.15, -0.1) is 0 Å². The largest absolute Gasteiger partial charge is 0.237 e. The highest BCUT2D eigenvalue weighted by molar-refractivity contribution is 5.29. The van der Waals surface area contributed by atoms with Gasteiger partial charge in [-0.2, -0.15) is 5.10 Å². The maximum atomic E-state index is 4.36. The summed E-state index contributed by atoms with van der Waals surface area (Å²) in [4.78, 5) is 4.28. The second-order valence-corrected chi connectivity index (χ2v) is 3.94. The lowest BCUT2D eigenvalue weighted by Gasteiger charge is -2.05.